The number of methoxy groups -OCH3 is 1. The van der Waals surface area contributed by atoms with E-state index >= 15 is 0 Å². The normalized spacial score (nSPS) is 12.5. The van der Waals surface area contributed by atoms with Gasteiger partial charge in [0, 0.05) is 19.8 Å². The van der Waals surface area contributed by atoms with Gasteiger partial charge in [0.05, 0.1) is 7.11 Å². The molecule has 0 fully saturated rings. The van der Waals surface area contributed by atoms with E-state index < -0.39 is 35.6 Å². The first-order valence-corrected chi connectivity index (χ1v) is 9.03. The number of nitrogens with one attached hydrogen (secondary N) is 2. The van der Waals surface area contributed by atoms with E-state index in [1.165, 1.54) is 38.3 Å². The predicted octanol–water partition coefficient (Wildman–Crippen LogP) is 1.09. The molecule has 2 aromatic rings. The van der Waals surface area contributed by atoms with Crippen LogP contribution in [0.15, 0.2) is 48.5 Å². The Morgan fingerprint density at radius 1 is 1.00 bits per heavy atom. The topological polar surface area (TPSA) is 111 Å². The quantitative estimate of drug-likeness (QED) is 0.584. The fraction of sp³-hybridized carbons (Fsp3) is 0.286. The van der Waals surface area contributed by atoms with Gasteiger partial charge >= 0.3 is 0 Å². The largest absolute Gasteiger partial charge is 0.496 e. The lowest BCUT2D eigenvalue weighted by atomic mass is 10.0. The first-order chi connectivity index (χ1) is 13.8. The van der Waals surface area contributed by atoms with Crippen molar-refractivity contribution in [1.82, 2.24) is 10.6 Å². The Bertz CT molecular complexity index is 870. The van der Waals surface area contributed by atoms with E-state index in [0.717, 1.165) is 0 Å². The third-order valence-electron chi connectivity index (χ3n) is 4.32. The molecule has 0 saturated carbocycles. The van der Waals surface area contributed by atoms with Gasteiger partial charge in [0.25, 0.3) is 0 Å². The number of carbonyl (C=O) groups is 3. The van der Waals surface area contributed by atoms with E-state index in [2.05, 4.69) is 10.6 Å². The number of halogens is 1. The van der Waals surface area contributed by atoms with Crippen LogP contribution in [0.2, 0.25) is 0 Å². The molecule has 0 unspecified atom stereocenters. The molecule has 29 heavy (non-hydrogen) atoms. The third kappa shape index (κ3) is 6.60. The lowest BCUT2D eigenvalue weighted by Gasteiger charge is -2.22. The molecule has 3 amide bonds. The molecule has 0 saturated heterocycles. The number of hydrogen-bond acceptors (Lipinski definition) is 4. The van der Waals surface area contributed by atoms with Gasteiger partial charge in [0.1, 0.15) is 23.7 Å². The van der Waals surface area contributed by atoms with E-state index in [1.807, 2.05) is 0 Å². The summed E-state index contributed by atoms with van der Waals surface area (Å²) < 4.78 is 18.4. The Hall–Kier alpha value is -3.42. The second kappa shape index (κ2) is 10.2. The minimum atomic E-state index is -0.997. The number of primary amides is 1. The molecule has 8 heteroatoms. The van der Waals surface area contributed by atoms with Gasteiger partial charge in [-0.1, -0.05) is 30.3 Å². The molecule has 0 bridgehead atoms. The van der Waals surface area contributed by atoms with E-state index in [0.29, 0.717) is 16.9 Å². The molecule has 0 radical (unpaired) electrons. The van der Waals surface area contributed by atoms with Crippen molar-refractivity contribution >= 4 is 17.7 Å². The molecular weight excluding hydrogens is 377 g/mol. The fourth-order valence-electron chi connectivity index (χ4n) is 2.90. The Kier molecular flexibility index (Phi) is 7.70. The number of benzene rings is 2. The molecule has 7 nitrogen and oxygen atoms in total. The van der Waals surface area contributed by atoms with Crippen LogP contribution < -0.4 is 21.1 Å². The van der Waals surface area contributed by atoms with Gasteiger partial charge in [0.2, 0.25) is 17.7 Å². The highest BCUT2D eigenvalue weighted by Crippen LogP contribution is 2.19. The Balaban J connectivity index is 2.16. The molecule has 0 aliphatic rings. The van der Waals surface area contributed by atoms with Crippen LogP contribution >= 0.6 is 0 Å². The minimum Gasteiger partial charge on any atom is -0.496 e. The predicted molar refractivity (Wildman–Crippen MR) is 106 cm³/mol. The Morgan fingerprint density at radius 2 is 1.66 bits per heavy atom. The maximum absolute atomic E-state index is 13.1. The zero-order valence-corrected chi connectivity index (χ0v) is 16.3. The highest BCUT2D eigenvalue weighted by Gasteiger charge is 2.26. The Labute approximate surface area is 168 Å². The maximum Gasteiger partial charge on any atom is 0.243 e. The summed E-state index contributed by atoms with van der Waals surface area (Å²) in [6.45, 7) is 1.28. The van der Waals surface area contributed by atoms with Crippen LogP contribution in [0.4, 0.5) is 4.39 Å². The third-order valence-corrected chi connectivity index (χ3v) is 4.32. The van der Waals surface area contributed by atoms with Crippen molar-refractivity contribution in [1.29, 1.82) is 0 Å². The number of carbonyl (C=O) groups excluding carboxylic acids is 3. The zero-order chi connectivity index (χ0) is 21.4. The van der Waals surface area contributed by atoms with Crippen LogP contribution in [0.25, 0.3) is 0 Å². The van der Waals surface area contributed by atoms with Crippen LogP contribution in [-0.4, -0.2) is 36.9 Å². The van der Waals surface area contributed by atoms with Crippen molar-refractivity contribution in [2.24, 2.45) is 5.73 Å². The van der Waals surface area contributed by atoms with Gasteiger partial charge in [-0.25, -0.2) is 4.39 Å². The number of nitrogens with two attached hydrogens (primary N) is 1. The monoisotopic (exact) mass is 401 g/mol. The molecule has 2 atom stereocenters. The van der Waals surface area contributed by atoms with E-state index in [4.69, 9.17) is 10.5 Å². The van der Waals surface area contributed by atoms with Gasteiger partial charge in [-0.05, 0) is 29.3 Å². The summed E-state index contributed by atoms with van der Waals surface area (Å²) in [5, 5.41) is 5.15. The SMILES string of the molecule is COc1ccccc1C[C@H](NC(=O)[C@H](Cc1ccc(F)cc1)NC(C)=O)C(N)=O. The van der Waals surface area contributed by atoms with Crippen LogP contribution in [0, 0.1) is 5.82 Å². The standard InChI is InChI=1S/C21H24FN3O4/c1-13(26)24-18(11-14-7-9-16(22)10-8-14)21(28)25-17(20(23)27)12-15-5-3-4-6-19(15)29-2/h3-10,17-18H,11-12H2,1-2H3,(H2,23,27)(H,24,26)(H,25,28)/t17-,18-/m0/s1. The molecular formula is C21H24FN3O4. The van der Waals surface area contributed by atoms with Gasteiger partial charge in [0.15, 0.2) is 0 Å². The maximum atomic E-state index is 13.1. The lowest BCUT2D eigenvalue weighted by Crippen LogP contribution is -2.54. The summed E-state index contributed by atoms with van der Waals surface area (Å²) in [4.78, 5) is 36.2. The van der Waals surface area contributed by atoms with Crippen LogP contribution in [0.1, 0.15) is 18.1 Å². The van der Waals surface area contributed by atoms with E-state index in [1.54, 1.807) is 24.3 Å². The number of ether oxygens (including phenoxy) is 1. The first kappa shape index (κ1) is 21.9. The number of para-hydroxylation sites is 1. The first-order valence-electron chi connectivity index (χ1n) is 9.03. The smallest absolute Gasteiger partial charge is 0.243 e. The Morgan fingerprint density at radius 3 is 2.24 bits per heavy atom. The summed E-state index contributed by atoms with van der Waals surface area (Å²) in [5.41, 5.74) is 6.83. The van der Waals surface area contributed by atoms with Crippen LogP contribution in [-0.2, 0) is 27.2 Å². The second-order valence-electron chi connectivity index (χ2n) is 6.56. The number of amides is 3. The summed E-state index contributed by atoms with van der Waals surface area (Å²) in [5.74, 6) is -1.53. The van der Waals surface area contributed by atoms with Gasteiger partial charge in [-0.15, -0.1) is 0 Å². The summed E-state index contributed by atoms with van der Waals surface area (Å²) in [7, 11) is 1.51. The van der Waals surface area contributed by atoms with Gasteiger partial charge < -0.3 is 21.1 Å². The minimum absolute atomic E-state index is 0.131. The number of hydrogen-bond donors (Lipinski definition) is 3. The van der Waals surface area contributed by atoms with E-state index in [9.17, 15) is 18.8 Å². The zero-order valence-electron chi connectivity index (χ0n) is 16.3. The van der Waals surface area contributed by atoms with Gasteiger partial charge in [-0.3, -0.25) is 14.4 Å². The molecule has 0 aromatic heterocycles. The van der Waals surface area contributed by atoms with E-state index in [-0.39, 0.29) is 12.8 Å². The van der Waals surface area contributed by atoms with Crippen molar-refractivity contribution in [2.45, 2.75) is 31.8 Å². The highest BCUT2D eigenvalue weighted by molar-refractivity contribution is 5.91. The summed E-state index contributed by atoms with van der Waals surface area (Å²) in [6.07, 6.45) is 0.264. The molecule has 2 aromatic carbocycles. The highest BCUT2D eigenvalue weighted by atomic mass is 19.1. The van der Waals surface area contributed by atoms with Crippen molar-refractivity contribution in [3.05, 3.63) is 65.5 Å². The fourth-order valence-corrected chi connectivity index (χ4v) is 2.90. The molecule has 0 aliphatic carbocycles. The molecule has 0 aliphatic heterocycles. The van der Waals surface area contributed by atoms with Gasteiger partial charge in [-0.2, -0.15) is 0 Å². The van der Waals surface area contributed by atoms with Crippen molar-refractivity contribution in [3.63, 3.8) is 0 Å². The van der Waals surface area contributed by atoms with Crippen LogP contribution in [0.3, 0.4) is 0 Å². The second-order valence-corrected chi connectivity index (χ2v) is 6.56. The summed E-state index contributed by atoms with van der Waals surface area (Å²) >= 11 is 0. The van der Waals surface area contributed by atoms with Crippen LogP contribution in [0.5, 0.6) is 5.75 Å². The molecule has 4 N–H and O–H groups in total. The molecule has 0 heterocycles. The lowest BCUT2D eigenvalue weighted by molar-refractivity contribution is -0.130. The average Bonchev–Trinajstić information content (AvgIpc) is 2.68. The average molecular weight is 401 g/mol. The number of rotatable bonds is 9. The van der Waals surface area contributed by atoms with Crippen molar-refractivity contribution in [3.8, 4) is 5.75 Å². The van der Waals surface area contributed by atoms with Crippen molar-refractivity contribution in [2.75, 3.05) is 7.11 Å². The molecule has 2 rings (SSSR count). The van der Waals surface area contributed by atoms with Crippen molar-refractivity contribution < 1.29 is 23.5 Å². The molecule has 0 spiro atoms. The molecule has 154 valence electrons. The summed E-state index contributed by atoms with van der Waals surface area (Å²) in [6, 6.07) is 10.7.